The molecule has 0 atom stereocenters. The Morgan fingerprint density at radius 3 is 2.50 bits per heavy atom. The Bertz CT molecular complexity index is 1040. The number of halogens is 2. The molecule has 1 saturated carbocycles. The van der Waals surface area contributed by atoms with E-state index >= 15 is 0 Å². The topological polar surface area (TPSA) is 46.9 Å². The van der Waals surface area contributed by atoms with E-state index in [9.17, 15) is 13.6 Å². The van der Waals surface area contributed by atoms with Crippen LogP contribution >= 0.6 is 0 Å². The molecule has 0 aliphatic heterocycles. The number of carbonyl (C=O) groups is 1. The van der Waals surface area contributed by atoms with Gasteiger partial charge in [0.2, 0.25) is 0 Å². The fraction of sp³-hybridized carbons (Fsp3) is 0.273. The maximum Gasteiger partial charge on any atom is 0.255 e. The molecule has 0 saturated heterocycles. The molecule has 1 aliphatic rings. The van der Waals surface area contributed by atoms with E-state index in [1.807, 2.05) is 18.2 Å². The first-order valence-corrected chi connectivity index (χ1v) is 9.27. The number of hydrogen-bond acceptors (Lipinski definition) is 2. The summed E-state index contributed by atoms with van der Waals surface area (Å²) in [6.45, 7) is 3.97. The van der Waals surface area contributed by atoms with E-state index in [1.165, 1.54) is 22.4 Å². The predicted octanol–water partition coefficient (Wildman–Crippen LogP) is 4.23. The first kappa shape index (κ1) is 18.3. The average molecular weight is 381 g/mol. The van der Waals surface area contributed by atoms with Crippen LogP contribution in [0.4, 0.5) is 8.78 Å². The lowest BCUT2D eigenvalue weighted by Crippen LogP contribution is -2.32. The van der Waals surface area contributed by atoms with Crippen LogP contribution in [0.3, 0.4) is 0 Å². The number of aromatic nitrogens is 2. The highest BCUT2D eigenvalue weighted by Crippen LogP contribution is 2.47. The van der Waals surface area contributed by atoms with Gasteiger partial charge in [0.15, 0.2) is 5.82 Å². The molecule has 1 amide bonds. The van der Waals surface area contributed by atoms with Gasteiger partial charge in [0.1, 0.15) is 11.5 Å². The maximum atomic E-state index is 14.2. The second-order valence-corrected chi connectivity index (χ2v) is 7.38. The summed E-state index contributed by atoms with van der Waals surface area (Å²) in [5.41, 5.74) is 2.79. The molecule has 1 fully saturated rings. The van der Waals surface area contributed by atoms with Crippen LogP contribution in [0.25, 0.3) is 5.69 Å². The number of nitrogens with one attached hydrogen (secondary N) is 1. The van der Waals surface area contributed by atoms with Crippen LogP contribution in [0, 0.1) is 25.5 Å². The number of rotatable bonds is 5. The van der Waals surface area contributed by atoms with E-state index in [0.717, 1.165) is 18.9 Å². The molecule has 28 heavy (non-hydrogen) atoms. The summed E-state index contributed by atoms with van der Waals surface area (Å²) in [6.07, 6.45) is 2.07. The van der Waals surface area contributed by atoms with Crippen molar-refractivity contribution >= 4 is 5.91 Å². The summed E-state index contributed by atoms with van der Waals surface area (Å²) in [5, 5.41) is 7.33. The minimum atomic E-state index is -0.724. The standard InChI is InChI=1S/C22H21F2N3O/c1-14-20(15(2)27(26-14)19-9-8-17(23)12-18(19)24)21(28)25-13-22(10-11-22)16-6-4-3-5-7-16/h3-9,12H,10-11,13H2,1-2H3,(H,25,28). The molecule has 144 valence electrons. The molecule has 2 aromatic carbocycles. The van der Waals surface area contributed by atoms with Crippen molar-refractivity contribution in [3.8, 4) is 5.69 Å². The monoisotopic (exact) mass is 381 g/mol. The van der Waals surface area contributed by atoms with Crippen LogP contribution in [0.5, 0.6) is 0 Å². The molecule has 0 radical (unpaired) electrons. The fourth-order valence-electron chi connectivity index (χ4n) is 3.71. The van der Waals surface area contributed by atoms with Gasteiger partial charge >= 0.3 is 0 Å². The second-order valence-electron chi connectivity index (χ2n) is 7.38. The third-order valence-corrected chi connectivity index (χ3v) is 5.48. The van der Waals surface area contributed by atoms with E-state index in [-0.39, 0.29) is 17.0 Å². The maximum absolute atomic E-state index is 14.2. The summed E-state index contributed by atoms with van der Waals surface area (Å²) in [7, 11) is 0. The zero-order valence-electron chi connectivity index (χ0n) is 15.8. The van der Waals surface area contributed by atoms with Gasteiger partial charge in [-0.25, -0.2) is 13.5 Å². The molecule has 0 bridgehead atoms. The first-order valence-electron chi connectivity index (χ1n) is 9.27. The molecule has 4 nitrogen and oxygen atoms in total. The lowest BCUT2D eigenvalue weighted by atomic mass is 9.96. The molecule has 1 aromatic heterocycles. The summed E-state index contributed by atoms with van der Waals surface area (Å²) in [5.74, 6) is -1.61. The summed E-state index contributed by atoms with van der Waals surface area (Å²) in [4.78, 5) is 12.9. The predicted molar refractivity (Wildman–Crippen MR) is 103 cm³/mol. The minimum absolute atomic E-state index is 0.00219. The van der Waals surface area contributed by atoms with Crippen LogP contribution in [-0.4, -0.2) is 22.2 Å². The third kappa shape index (κ3) is 3.19. The number of benzene rings is 2. The smallest absolute Gasteiger partial charge is 0.255 e. The molecule has 1 N–H and O–H groups in total. The first-order chi connectivity index (χ1) is 13.4. The molecule has 6 heteroatoms. The van der Waals surface area contributed by atoms with Gasteiger partial charge in [-0.05, 0) is 44.4 Å². The normalized spacial score (nSPS) is 14.7. The van der Waals surface area contributed by atoms with Crippen molar-refractivity contribution in [2.75, 3.05) is 6.54 Å². The fourth-order valence-corrected chi connectivity index (χ4v) is 3.71. The van der Waals surface area contributed by atoms with E-state index in [0.29, 0.717) is 23.5 Å². The van der Waals surface area contributed by atoms with Gasteiger partial charge in [-0.3, -0.25) is 4.79 Å². The van der Waals surface area contributed by atoms with Crippen LogP contribution in [-0.2, 0) is 5.41 Å². The van der Waals surface area contributed by atoms with E-state index in [4.69, 9.17) is 0 Å². The van der Waals surface area contributed by atoms with Crippen LogP contribution in [0.15, 0.2) is 48.5 Å². The Hall–Kier alpha value is -3.02. The van der Waals surface area contributed by atoms with Gasteiger partial charge in [0, 0.05) is 18.0 Å². The molecule has 3 aromatic rings. The number of amides is 1. The van der Waals surface area contributed by atoms with Crippen molar-refractivity contribution in [2.45, 2.75) is 32.1 Å². The van der Waals surface area contributed by atoms with Crippen molar-refractivity contribution in [1.29, 1.82) is 0 Å². The van der Waals surface area contributed by atoms with E-state index in [1.54, 1.807) is 13.8 Å². The quantitative estimate of drug-likeness (QED) is 0.719. The SMILES string of the molecule is Cc1nn(-c2ccc(F)cc2F)c(C)c1C(=O)NCC1(c2ccccc2)CC1. The average Bonchev–Trinajstić information content (AvgIpc) is 3.41. The lowest BCUT2D eigenvalue weighted by Gasteiger charge is -2.16. The van der Waals surface area contributed by atoms with Crippen LogP contribution < -0.4 is 5.32 Å². The largest absolute Gasteiger partial charge is 0.351 e. The Balaban J connectivity index is 1.56. The molecule has 4 rings (SSSR count). The van der Waals surface area contributed by atoms with E-state index in [2.05, 4.69) is 22.5 Å². The minimum Gasteiger partial charge on any atom is -0.351 e. The van der Waals surface area contributed by atoms with E-state index < -0.39 is 11.6 Å². The van der Waals surface area contributed by atoms with Crippen LogP contribution in [0.1, 0.15) is 40.2 Å². The summed E-state index contributed by atoms with van der Waals surface area (Å²) >= 11 is 0. The number of aryl methyl sites for hydroxylation is 1. The molecule has 1 heterocycles. The van der Waals surface area contributed by atoms with Crippen LogP contribution in [0.2, 0.25) is 0 Å². The highest BCUT2D eigenvalue weighted by Gasteiger charge is 2.44. The van der Waals surface area contributed by atoms with Crippen molar-refractivity contribution in [3.63, 3.8) is 0 Å². The Morgan fingerprint density at radius 2 is 1.86 bits per heavy atom. The molecular formula is C22H21F2N3O. The van der Waals surface area contributed by atoms with Gasteiger partial charge in [0.05, 0.1) is 17.0 Å². The number of nitrogens with zero attached hydrogens (tertiary/aromatic N) is 2. The van der Waals surface area contributed by atoms with Gasteiger partial charge < -0.3 is 5.32 Å². The van der Waals surface area contributed by atoms with Gasteiger partial charge in [-0.1, -0.05) is 30.3 Å². The lowest BCUT2D eigenvalue weighted by molar-refractivity contribution is 0.0948. The zero-order valence-corrected chi connectivity index (χ0v) is 15.8. The summed E-state index contributed by atoms with van der Waals surface area (Å²) < 4.78 is 28.7. The molecule has 1 aliphatic carbocycles. The highest BCUT2D eigenvalue weighted by atomic mass is 19.1. The molecular weight excluding hydrogens is 360 g/mol. The molecule has 0 unspecified atom stereocenters. The van der Waals surface area contributed by atoms with Crippen molar-refractivity contribution < 1.29 is 13.6 Å². The Morgan fingerprint density at radius 1 is 1.14 bits per heavy atom. The van der Waals surface area contributed by atoms with Crippen molar-refractivity contribution in [1.82, 2.24) is 15.1 Å². The van der Waals surface area contributed by atoms with Gasteiger partial charge in [-0.2, -0.15) is 5.10 Å². The number of hydrogen-bond donors (Lipinski definition) is 1. The summed E-state index contributed by atoms with van der Waals surface area (Å²) in [6, 6.07) is 13.5. The zero-order chi connectivity index (χ0) is 19.9. The van der Waals surface area contributed by atoms with Gasteiger partial charge in [0.25, 0.3) is 5.91 Å². The van der Waals surface area contributed by atoms with Gasteiger partial charge in [-0.15, -0.1) is 0 Å². The van der Waals surface area contributed by atoms with Crippen molar-refractivity contribution in [2.24, 2.45) is 0 Å². The molecule has 0 spiro atoms. The van der Waals surface area contributed by atoms with Crippen molar-refractivity contribution in [3.05, 3.63) is 82.7 Å². The Kier molecular flexibility index (Phi) is 4.49. The Labute approximate surface area is 162 Å². The third-order valence-electron chi connectivity index (χ3n) is 5.48. The number of carbonyl (C=O) groups excluding carboxylic acids is 1. The highest BCUT2D eigenvalue weighted by molar-refractivity contribution is 5.96. The second kappa shape index (κ2) is 6.86.